The summed E-state index contributed by atoms with van der Waals surface area (Å²) in [5.74, 6) is 0.246. The van der Waals surface area contributed by atoms with Crippen LogP contribution in [0, 0.1) is 29.6 Å². The van der Waals surface area contributed by atoms with E-state index in [4.69, 9.17) is 10.00 Å². The molecule has 2 saturated heterocycles. The molecule has 1 amide bonds. The van der Waals surface area contributed by atoms with Gasteiger partial charge < -0.3 is 14.5 Å². The van der Waals surface area contributed by atoms with Crippen molar-refractivity contribution in [2.24, 2.45) is 11.3 Å². The lowest BCUT2D eigenvalue weighted by atomic mass is 9.74. The number of halogens is 3. The second kappa shape index (κ2) is 9.30. The average Bonchev–Trinajstić information content (AvgIpc) is 3.17. The molecular formula is C26H28F3N3O2. The fourth-order valence-electron chi connectivity index (χ4n) is 5.46. The molecule has 2 aromatic rings. The maximum absolute atomic E-state index is 13.5. The predicted octanol–water partition coefficient (Wildman–Crippen LogP) is 4.43. The van der Waals surface area contributed by atoms with Crippen LogP contribution in [0.1, 0.15) is 28.7 Å². The number of hydrogen-bond donors (Lipinski definition) is 0. The van der Waals surface area contributed by atoms with Crippen molar-refractivity contribution in [1.82, 2.24) is 4.90 Å². The topological polar surface area (TPSA) is 56.6 Å². The van der Waals surface area contributed by atoms with Gasteiger partial charge in [-0.15, -0.1) is 0 Å². The molecule has 2 heterocycles. The summed E-state index contributed by atoms with van der Waals surface area (Å²) < 4.78 is 46.1. The van der Waals surface area contributed by atoms with Gasteiger partial charge in [0.2, 0.25) is 5.91 Å². The van der Waals surface area contributed by atoms with Crippen molar-refractivity contribution < 1.29 is 22.7 Å². The molecule has 34 heavy (non-hydrogen) atoms. The third-order valence-electron chi connectivity index (χ3n) is 7.08. The van der Waals surface area contributed by atoms with E-state index in [1.807, 2.05) is 41.0 Å². The van der Waals surface area contributed by atoms with Gasteiger partial charge >= 0.3 is 6.18 Å². The first-order valence-electron chi connectivity index (χ1n) is 11.3. The number of alkyl halides is 3. The second-order valence-electron chi connectivity index (χ2n) is 9.48. The van der Waals surface area contributed by atoms with E-state index in [9.17, 15) is 18.0 Å². The summed E-state index contributed by atoms with van der Waals surface area (Å²) >= 11 is 0. The number of nitrogens with zero attached hydrogens (tertiary/aromatic N) is 3. The first kappa shape index (κ1) is 24.1. The van der Waals surface area contributed by atoms with E-state index in [2.05, 4.69) is 0 Å². The molecule has 0 bridgehead atoms. The van der Waals surface area contributed by atoms with E-state index < -0.39 is 11.7 Å². The molecule has 2 aromatic carbocycles. The van der Waals surface area contributed by atoms with Crippen LogP contribution < -0.4 is 4.90 Å². The molecule has 0 aliphatic carbocycles. The smallest absolute Gasteiger partial charge is 0.384 e. The Morgan fingerprint density at radius 3 is 2.71 bits per heavy atom. The number of methoxy groups -OCH3 is 1. The first-order chi connectivity index (χ1) is 16.1. The quantitative estimate of drug-likeness (QED) is 0.648. The van der Waals surface area contributed by atoms with Crippen molar-refractivity contribution in [3.05, 3.63) is 64.7 Å². The van der Waals surface area contributed by atoms with Crippen LogP contribution in [-0.2, 0) is 22.1 Å². The third-order valence-corrected chi connectivity index (χ3v) is 7.08. The van der Waals surface area contributed by atoms with Gasteiger partial charge in [0.25, 0.3) is 0 Å². The minimum atomic E-state index is -4.60. The zero-order chi connectivity index (χ0) is 24.5. The molecule has 2 fully saturated rings. The largest absolute Gasteiger partial charge is 0.417 e. The number of hydrogen-bond acceptors (Lipinski definition) is 4. The fourth-order valence-corrected chi connectivity index (χ4v) is 5.46. The summed E-state index contributed by atoms with van der Waals surface area (Å²) in [5.41, 5.74) is 0.853. The van der Waals surface area contributed by atoms with Crippen molar-refractivity contribution >= 4 is 11.6 Å². The summed E-state index contributed by atoms with van der Waals surface area (Å²) in [5, 5.41) is 9.10. The SMILES string of the molecule is COC[C@@]12CN(C(=O)Cc3cccc(C)c3)CC[C@@H]1CN(c1ccc(C#N)c(C(F)(F)F)c1)C2. The maximum atomic E-state index is 13.5. The van der Waals surface area contributed by atoms with Gasteiger partial charge in [-0.3, -0.25) is 4.79 Å². The Balaban J connectivity index is 1.55. The number of fused-ring (bicyclic) bond motifs is 1. The maximum Gasteiger partial charge on any atom is 0.417 e. The molecule has 2 aliphatic heterocycles. The number of benzene rings is 2. The number of carbonyl (C=O) groups excluding carboxylic acids is 1. The third kappa shape index (κ3) is 4.76. The minimum absolute atomic E-state index is 0.0516. The van der Waals surface area contributed by atoms with E-state index in [-0.39, 0.29) is 22.8 Å². The van der Waals surface area contributed by atoms with Crippen molar-refractivity contribution in [3.8, 4) is 6.07 Å². The lowest BCUT2D eigenvalue weighted by Gasteiger charge is -2.43. The fraction of sp³-hybridized carbons (Fsp3) is 0.462. The average molecular weight is 472 g/mol. The summed E-state index contributed by atoms with van der Waals surface area (Å²) in [6.07, 6.45) is -3.51. The van der Waals surface area contributed by atoms with Gasteiger partial charge in [0.15, 0.2) is 0 Å². The molecule has 0 N–H and O–H groups in total. The standard InChI is InChI=1S/C26H28F3N3O2/c1-18-4-3-5-19(10-18)11-24(33)31-9-8-21-14-32(16-25(21,15-31)17-34-2)22-7-6-20(13-30)23(12-22)26(27,28)29/h3-7,10,12,21H,8-9,11,14-17H2,1-2H3/t21-,25+/m1/s1. The number of piperidine rings is 1. The summed E-state index contributed by atoms with van der Waals surface area (Å²) in [6.45, 7) is 4.62. The number of likely N-dealkylation sites (tertiary alicyclic amines) is 1. The number of carbonyl (C=O) groups is 1. The van der Waals surface area contributed by atoms with Crippen LogP contribution in [0.15, 0.2) is 42.5 Å². The van der Waals surface area contributed by atoms with Gasteiger partial charge in [0.1, 0.15) is 0 Å². The summed E-state index contributed by atoms with van der Waals surface area (Å²) in [6, 6.07) is 13.4. The predicted molar refractivity (Wildman–Crippen MR) is 122 cm³/mol. The number of aryl methyl sites for hydroxylation is 1. The second-order valence-corrected chi connectivity index (χ2v) is 9.48. The Bertz CT molecular complexity index is 1110. The molecule has 180 valence electrons. The van der Waals surface area contributed by atoms with Gasteiger partial charge in [0, 0.05) is 44.4 Å². The summed E-state index contributed by atoms with van der Waals surface area (Å²) in [7, 11) is 1.62. The first-order valence-corrected chi connectivity index (χ1v) is 11.3. The number of nitriles is 1. The van der Waals surface area contributed by atoms with E-state index in [0.717, 1.165) is 23.6 Å². The molecule has 0 saturated carbocycles. The van der Waals surface area contributed by atoms with E-state index in [1.54, 1.807) is 19.2 Å². The Morgan fingerprint density at radius 1 is 1.24 bits per heavy atom. The van der Waals surface area contributed by atoms with Crippen molar-refractivity contribution in [3.63, 3.8) is 0 Å². The highest BCUT2D eigenvalue weighted by Gasteiger charge is 2.51. The number of ether oxygens (including phenoxy) is 1. The van der Waals surface area contributed by atoms with Crippen molar-refractivity contribution in [2.75, 3.05) is 44.8 Å². The monoisotopic (exact) mass is 471 g/mol. The normalized spacial score (nSPS) is 22.4. The highest BCUT2D eigenvalue weighted by atomic mass is 19.4. The highest BCUT2D eigenvalue weighted by molar-refractivity contribution is 5.79. The molecule has 0 radical (unpaired) electrons. The van der Waals surface area contributed by atoms with Crippen LogP contribution in [-0.4, -0.2) is 50.7 Å². The molecule has 4 rings (SSSR count). The van der Waals surface area contributed by atoms with Crippen LogP contribution in [0.4, 0.5) is 18.9 Å². The van der Waals surface area contributed by atoms with Crippen molar-refractivity contribution in [2.45, 2.75) is 25.9 Å². The van der Waals surface area contributed by atoms with Crippen LogP contribution in [0.25, 0.3) is 0 Å². The van der Waals surface area contributed by atoms with Gasteiger partial charge in [-0.25, -0.2) is 0 Å². The van der Waals surface area contributed by atoms with E-state index >= 15 is 0 Å². The Kier molecular flexibility index (Phi) is 6.59. The molecular weight excluding hydrogens is 443 g/mol. The Labute approximate surface area is 197 Å². The van der Waals surface area contributed by atoms with Crippen molar-refractivity contribution in [1.29, 1.82) is 5.26 Å². The number of rotatable bonds is 5. The minimum Gasteiger partial charge on any atom is -0.384 e. The van der Waals surface area contributed by atoms with E-state index in [1.165, 1.54) is 6.07 Å². The van der Waals surface area contributed by atoms with Gasteiger partial charge in [0.05, 0.1) is 30.2 Å². The summed E-state index contributed by atoms with van der Waals surface area (Å²) in [4.78, 5) is 16.9. The molecule has 2 aliphatic rings. The van der Waals surface area contributed by atoms with E-state index in [0.29, 0.717) is 44.9 Å². The molecule has 8 heteroatoms. The lowest BCUT2D eigenvalue weighted by Crippen LogP contribution is -2.53. The van der Waals surface area contributed by atoms with Gasteiger partial charge in [-0.1, -0.05) is 29.8 Å². The van der Waals surface area contributed by atoms with Crippen LogP contribution in [0.2, 0.25) is 0 Å². The molecule has 0 spiro atoms. The highest BCUT2D eigenvalue weighted by Crippen LogP contribution is 2.45. The molecule has 2 atom stereocenters. The Hall–Kier alpha value is -3.05. The van der Waals surface area contributed by atoms with Crippen LogP contribution >= 0.6 is 0 Å². The zero-order valence-corrected chi connectivity index (χ0v) is 19.4. The number of anilines is 1. The lowest BCUT2D eigenvalue weighted by molar-refractivity contribution is -0.138. The van der Waals surface area contributed by atoms with Gasteiger partial charge in [-0.05, 0) is 43.0 Å². The molecule has 0 unspecified atom stereocenters. The number of amides is 1. The Morgan fingerprint density at radius 2 is 2.03 bits per heavy atom. The zero-order valence-electron chi connectivity index (χ0n) is 19.4. The van der Waals surface area contributed by atoms with Crippen LogP contribution in [0.3, 0.4) is 0 Å². The van der Waals surface area contributed by atoms with Crippen LogP contribution in [0.5, 0.6) is 0 Å². The molecule has 0 aromatic heterocycles. The van der Waals surface area contributed by atoms with Gasteiger partial charge in [-0.2, -0.15) is 18.4 Å². The molecule has 5 nitrogen and oxygen atoms in total.